The van der Waals surface area contributed by atoms with Crippen LogP contribution in [0.1, 0.15) is 23.0 Å². The Kier molecular flexibility index (Phi) is 3.87. The molecule has 1 unspecified atom stereocenters. The van der Waals surface area contributed by atoms with Crippen molar-refractivity contribution in [2.75, 3.05) is 0 Å². The van der Waals surface area contributed by atoms with Crippen LogP contribution in [0.25, 0.3) is 0 Å². The topological polar surface area (TPSA) is 30.2 Å². The van der Waals surface area contributed by atoms with Crippen molar-refractivity contribution in [3.05, 3.63) is 53.7 Å². The Bertz CT molecular complexity index is 545. The minimum absolute atomic E-state index is 0.0133. The number of carbonyl (C=O) groups excluding carboxylic acids is 1. The lowest BCUT2D eigenvalue weighted by Gasteiger charge is -2.09. The van der Waals surface area contributed by atoms with E-state index >= 15 is 0 Å². The van der Waals surface area contributed by atoms with Crippen LogP contribution < -0.4 is 0 Å². The van der Waals surface area contributed by atoms with Crippen LogP contribution >= 0.6 is 11.8 Å². The van der Waals surface area contributed by atoms with Gasteiger partial charge in [0.2, 0.25) is 0 Å². The number of hydrogen-bond acceptors (Lipinski definition) is 3. The largest absolute Gasteiger partial charge is 0.468 e. The summed E-state index contributed by atoms with van der Waals surface area (Å²) >= 11 is 1.45. The van der Waals surface area contributed by atoms with Crippen molar-refractivity contribution >= 4 is 17.5 Å². The summed E-state index contributed by atoms with van der Waals surface area (Å²) in [7, 11) is 0. The maximum Gasteiger partial charge on any atom is 0.175 e. The molecule has 0 spiro atoms. The summed E-state index contributed by atoms with van der Waals surface area (Å²) in [6.45, 7) is 3.69. The molecule has 2 nitrogen and oxygen atoms in total. The van der Waals surface area contributed by atoms with E-state index in [1.807, 2.05) is 19.9 Å². The van der Waals surface area contributed by atoms with Crippen molar-refractivity contribution in [3.8, 4) is 0 Å². The number of carbonyl (C=O) groups is 1. The van der Waals surface area contributed by atoms with Gasteiger partial charge >= 0.3 is 0 Å². The number of rotatable bonds is 4. The lowest BCUT2D eigenvalue weighted by molar-refractivity contribution is 0.0994. The third-order valence-electron chi connectivity index (χ3n) is 2.61. The van der Waals surface area contributed by atoms with E-state index in [0.717, 1.165) is 10.7 Å². The van der Waals surface area contributed by atoms with Crippen LogP contribution in [-0.4, -0.2) is 11.0 Å². The zero-order chi connectivity index (χ0) is 13.1. The Balaban J connectivity index is 2.09. The Morgan fingerprint density at radius 2 is 1.94 bits per heavy atom. The first-order valence-electron chi connectivity index (χ1n) is 5.58. The second-order valence-electron chi connectivity index (χ2n) is 3.97. The zero-order valence-electron chi connectivity index (χ0n) is 10.1. The molecular formula is C14H13FO2S. The molecule has 0 N–H and O–H groups in total. The molecule has 0 saturated heterocycles. The lowest BCUT2D eigenvalue weighted by atomic mass is 10.1. The first-order valence-corrected chi connectivity index (χ1v) is 6.46. The third kappa shape index (κ3) is 2.82. The first-order chi connectivity index (χ1) is 8.58. The predicted octanol–water partition coefficient (Wildman–Crippen LogP) is 4.09. The van der Waals surface area contributed by atoms with Gasteiger partial charge in [0.05, 0.1) is 11.5 Å². The number of benzene rings is 1. The maximum atomic E-state index is 12.8. The van der Waals surface area contributed by atoms with Gasteiger partial charge in [0.25, 0.3) is 0 Å². The molecule has 18 heavy (non-hydrogen) atoms. The van der Waals surface area contributed by atoms with Gasteiger partial charge in [-0.25, -0.2) is 4.39 Å². The molecule has 1 atom stereocenters. The quantitative estimate of drug-likeness (QED) is 0.615. The second kappa shape index (κ2) is 5.40. The minimum Gasteiger partial charge on any atom is -0.468 e. The van der Waals surface area contributed by atoms with Crippen molar-refractivity contribution < 1.29 is 13.6 Å². The molecule has 94 valence electrons. The van der Waals surface area contributed by atoms with Gasteiger partial charge in [-0.05, 0) is 44.2 Å². The Hall–Kier alpha value is -1.55. The van der Waals surface area contributed by atoms with Crippen LogP contribution in [0.2, 0.25) is 0 Å². The van der Waals surface area contributed by atoms with Crippen molar-refractivity contribution in [2.45, 2.75) is 24.0 Å². The van der Waals surface area contributed by atoms with E-state index in [9.17, 15) is 9.18 Å². The van der Waals surface area contributed by atoms with E-state index < -0.39 is 0 Å². The summed E-state index contributed by atoms with van der Waals surface area (Å²) in [5.74, 6) is 0.455. The van der Waals surface area contributed by atoms with Crippen LogP contribution in [0.3, 0.4) is 0 Å². The van der Waals surface area contributed by atoms with Crippen molar-refractivity contribution in [1.29, 1.82) is 0 Å². The molecule has 4 heteroatoms. The van der Waals surface area contributed by atoms with Gasteiger partial charge in [-0.3, -0.25) is 4.79 Å². The summed E-state index contributed by atoms with van der Waals surface area (Å²) in [5.41, 5.74) is 0.526. The highest BCUT2D eigenvalue weighted by atomic mass is 32.2. The maximum absolute atomic E-state index is 12.8. The highest BCUT2D eigenvalue weighted by molar-refractivity contribution is 8.00. The van der Waals surface area contributed by atoms with Crippen molar-refractivity contribution in [1.82, 2.24) is 0 Å². The van der Waals surface area contributed by atoms with Gasteiger partial charge < -0.3 is 4.42 Å². The molecule has 0 aliphatic heterocycles. The molecule has 2 rings (SSSR count). The molecule has 1 heterocycles. The molecule has 0 radical (unpaired) electrons. The van der Waals surface area contributed by atoms with Gasteiger partial charge in [-0.1, -0.05) is 0 Å². The monoisotopic (exact) mass is 264 g/mol. The SMILES string of the molecule is Cc1occc1SC(C)C(=O)c1ccc(F)cc1. The van der Waals surface area contributed by atoms with Crippen molar-refractivity contribution in [3.63, 3.8) is 0 Å². The highest BCUT2D eigenvalue weighted by Crippen LogP contribution is 2.29. The summed E-state index contributed by atoms with van der Waals surface area (Å²) < 4.78 is 18.0. The highest BCUT2D eigenvalue weighted by Gasteiger charge is 2.18. The molecule has 0 bridgehead atoms. The van der Waals surface area contributed by atoms with Crippen LogP contribution in [-0.2, 0) is 0 Å². The third-order valence-corrected chi connectivity index (χ3v) is 3.86. The summed E-state index contributed by atoms with van der Waals surface area (Å²) in [4.78, 5) is 13.1. The van der Waals surface area contributed by atoms with Gasteiger partial charge in [0.1, 0.15) is 11.6 Å². The van der Waals surface area contributed by atoms with E-state index in [0.29, 0.717) is 5.56 Å². The van der Waals surface area contributed by atoms with E-state index in [4.69, 9.17) is 4.42 Å². The van der Waals surface area contributed by atoms with Crippen LogP contribution in [0.5, 0.6) is 0 Å². The van der Waals surface area contributed by atoms with Gasteiger partial charge in [0, 0.05) is 10.5 Å². The summed E-state index contributed by atoms with van der Waals surface area (Å²) in [6.07, 6.45) is 1.60. The van der Waals surface area contributed by atoms with Crippen molar-refractivity contribution in [2.24, 2.45) is 0 Å². The molecule has 1 aromatic heterocycles. The smallest absolute Gasteiger partial charge is 0.175 e. The molecule has 0 fully saturated rings. The van der Waals surface area contributed by atoms with E-state index in [1.165, 1.54) is 36.0 Å². The number of halogens is 1. The number of Topliss-reactive ketones (excluding diaryl/α,β-unsaturated/α-hetero) is 1. The number of hydrogen-bond donors (Lipinski definition) is 0. The Labute approximate surface area is 109 Å². The molecule has 0 aliphatic carbocycles. The predicted molar refractivity (Wildman–Crippen MR) is 69.5 cm³/mol. The fourth-order valence-electron chi connectivity index (χ4n) is 1.59. The lowest BCUT2D eigenvalue weighted by Crippen LogP contribution is -2.13. The number of aryl methyl sites for hydroxylation is 1. The van der Waals surface area contributed by atoms with Crippen LogP contribution in [0.4, 0.5) is 4.39 Å². The molecule has 0 saturated carbocycles. The normalized spacial score (nSPS) is 12.4. The van der Waals surface area contributed by atoms with Gasteiger partial charge in [-0.2, -0.15) is 0 Å². The van der Waals surface area contributed by atoms with Crippen LogP contribution in [0, 0.1) is 12.7 Å². The summed E-state index contributed by atoms with van der Waals surface area (Å²) in [5, 5.41) is -0.230. The number of furan rings is 1. The standard InChI is InChI=1S/C14H13FO2S/c1-9-13(7-8-17-9)18-10(2)14(16)11-3-5-12(15)6-4-11/h3-8,10H,1-2H3. The van der Waals surface area contributed by atoms with E-state index in [-0.39, 0.29) is 16.9 Å². The first kappa shape index (κ1) is 12.9. The minimum atomic E-state index is -0.336. The average molecular weight is 264 g/mol. The molecule has 1 aromatic carbocycles. The second-order valence-corrected chi connectivity index (χ2v) is 5.35. The fraction of sp³-hybridized carbons (Fsp3) is 0.214. The van der Waals surface area contributed by atoms with Gasteiger partial charge in [-0.15, -0.1) is 11.8 Å². The number of thioether (sulfide) groups is 1. The zero-order valence-corrected chi connectivity index (χ0v) is 11.0. The van der Waals surface area contributed by atoms with Gasteiger partial charge in [0.15, 0.2) is 5.78 Å². The average Bonchev–Trinajstić information content (AvgIpc) is 2.75. The Morgan fingerprint density at radius 3 is 2.50 bits per heavy atom. The van der Waals surface area contributed by atoms with E-state index in [1.54, 1.807) is 6.26 Å². The summed E-state index contributed by atoms with van der Waals surface area (Å²) in [6, 6.07) is 7.46. The van der Waals surface area contributed by atoms with E-state index in [2.05, 4.69) is 0 Å². The molecule has 0 amide bonds. The Morgan fingerprint density at radius 1 is 1.28 bits per heavy atom. The molecule has 2 aromatic rings. The molecule has 0 aliphatic rings. The molecular weight excluding hydrogens is 251 g/mol. The van der Waals surface area contributed by atoms with Crippen LogP contribution in [0.15, 0.2) is 45.9 Å². The number of ketones is 1. The fourth-order valence-corrected chi connectivity index (χ4v) is 2.56.